The van der Waals surface area contributed by atoms with E-state index in [2.05, 4.69) is 22.1 Å². The van der Waals surface area contributed by atoms with Crippen molar-refractivity contribution >= 4 is 41.9 Å². The van der Waals surface area contributed by atoms with Gasteiger partial charge in [0.15, 0.2) is 5.96 Å². The number of hydrogen-bond acceptors (Lipinski definition) is 5. The molecule has 8 heteroatoms. The number of esters is 2. The fourth-order valence-corrected chi connectivity index (χ4v) is 3.11. The van der Waals surface area contributed by atoms with E-state index in [0.29, 0.717) is 19.6 Å². The van der Waals surface area contributed by atoms with Crippen molar-refractivity contribution in [3.8, 4) is 0 Å². The molecule has 1 heterocycles. The van der Waals surface area contributed by atoms with Crippen molar-refractivity contribution in [1.82, 2.24) is 10.2 Å². The molecule has 0 amide bonds. The Morgan fingerprint density at radius 2 is 1.88 bits per heavy atom. The van der Waals surface area contributed by atoms with Crippen molar-refractivity contribution in [2.24, 2.45) is 16.8 Å². The number of carbonyl (C=O) groups excluding carboxylic acids is 2. The van der Waals surface area contributed by atoms with E-state index >= 15 is 0 Å². The minimum Gasteiger partial charge on any atom is -0.469 e. The van der Waals surface area contributed by atoms with E-state index < -0.39 is 0 Å². The largest absolute Gasteiger partial charge is 0.469 e. The molecule has 0 spiro atoms. The molecule has 1 N–H and O–H groups in total. The molecule has 0 radical (unpaired) electrons. The zero-order valence-electron chi connectivity index (χ0n) is 16.5. The minimum atomic E-state index is -0.146. The standard InChI is InChI=1S/C18H33N3O4.HI/c1-5-25-16(22)10-8-6-7-9-11-20-18(19-3)21-12-14(2)15(13-21)17(23)24-4;/h14-15H,5-13H2,1-4H3,(H,19,20);1H. The van der Waals surface area contributed by atoms with Crippen molar-refractivity contribution in [1.29, 1.82) is 0 Å². The Morgan fingerprint density at radius 3 is 2.50 bits per heavy atom. The third-order valence-electron chi connectivity index (χ3n) is 4.52. The van der Waals surface area contributed by atoms with Crippen LogP contribution < -0.4 is 5.32 Å². The summed E-state index contributed by atoms with van der Waals surface area (Å²) in [5, 5.41) is 3.36. The van der Waals surface area contributed by atoms with Crippen LogP contribution in [-0.2, 0) is 19.1 Å². The molecule has 0 bridgehead atoms. The number of guanidine groups is 1. The molecule has 0 aromatic heterocycles. The predicted octanol–water partition coefficient (Wildman–Crippen LogP) is 2.43. The van der Waals surface area contributed by atoms with Gasteiger partial charge in [-0.2, -0.15) is 0 Å². The first kappa shape index (κ1) is 24.9. The maximum Gasteiger partial charge on any atom is 0.310 e. The zero-order valence-corrected chi connectivity index (χ0v) is 18.8. The van der Waals surface area contributed by atoms with Crippen molar-refractivity contribution in [2.75, 3.05) is 40.4 Å². The summed E-state index contributed by atoms with van der Waals surface area (Å²) in [6, 6.07) is 0. The zero-order chi connectivity index (χ0) is 18.7. The van der Waals surface area contributed by atoms with Crippen LogP contribution in [0.5, 0.6) is 0 Å². The van der Waals surface area contributed by atoms with Gasteiger partial charge >= 0.3 is 11.9 Å². The number of rotatable bonds is 9. The van der Waals surface area contributed by atoms with Gasteiger partial charge in [0.1, 0.15) is 0 Å². The Morgan fingerprint density at radius 1 is 1.19 bits per heavy atom. The molecule has 26 heavy (non-hydrogen) atoms. The number of nitrogens with zero attached hydrogens (tertiary/aromatic N) is 2. The van der Waals surface area contributed by atoms with Gasteiger partial charge in [0.25, 0.3) is 0 Å². The summed E-state index contributed by atoms with van der Waals surface area (Å²) in [7, 11) is 3.20. The Labute approximate surface area is 174 Å². The normalized spacial score (nSPS) is 19.7. The van der Waals surface area contributed by atoms with E-state index in [1.165, 1.54) is 7.11 Å². The van der Waals surface area contributed by atoms with E-state index in [9.17, 15) is 9.59 Å². The smallest absolute Gasteiger partial charge is 0.310 e. The van der Waals surface area contributed by atoms with Gasteiger partial charge in [0.05, 0.1) is 19.6 Å². The molecule has 7 nitrogen and oxygen atoms in total. The third kappa shape index (κ3) is 8.55. The maximum absolute atomic E-state index is 11.8. The lowest BCUT2D eigenvalue weighted by molar-refractivity contribution is -0.146. The van der Waals surface area contributed by atoms with Gasteiger partial charge in [-0.05, 0) is 25.7 Å². The highest BCUT2D eigenvalue weighted by Crippen LogP contribution is 2.24. The highest BCUT2D eigenvalue weighted by molar-refractivity contribution is 14.0. The van der Waals surface area contributed by atoms with Crippen LogP contribution in [0.2, 0.25) is 0 Å². The third-order valence-corrected chi connectivity index (χ3v) is 4.52. The first-order valence-corrected chi connectivity index (χ1v) is 9.22. The summed E-state index contributed by atoms with van der Waals surface area (Å²) in [5.41, 5.74) is 0. The molecule has 0 aromatic rings. The SMILES string of the molecule is CCOC(=O)CCCCCCNC(=NC)N1CC(C)C(C(=O)OC)C1.I. The summed E-state index contributed by atoms with van der Waals surface area (Å²) in [5.74, 6) is 0.751. The molecular formula is C18H34IN3O4. The van der Waals surface area contributed by atoms with Crippen molar-refractivity contribution in [3.05, 3.63) is 0 Å². The number of hydrogen-bond donors (Lipinski definition) is 1. The topological polar surface area (TPSA) is 80.2 Å². The van der Waals surface area contributed by atoms with Gasteiger partial charge in [-0.3, -0.25) is 14.6 Å². The minimum absolute atomic E-state index is 0. The van der Waals surface area contributed by atoms with Gasteiger partial charge < -0.3 is 19.7 Å². The highest BCUT2D eigenvalue weighted by atomic mass is 127. The number of halogens is 1. The van der Waals surface area contributed by atoms with Gasteiger partial charge in [0, 0.05) is 33.1 Å². The highest BCUT2D eigenvalue weighted by Gasteiger charge is 2.36. The molecule has 0 aliphatic carbocycles. The van der Waals surface area contributed by atoms with Crippen LogP contribution in [0.1, 0.15) is 46.0 Å². The fourth-order valence-electron chi connectivity index (χ4n) is 3.11. The van der Waals surface area contributed by atoms with Gasteiger partial charge in [-0.15, -0.1) is 24.0 Å². The van der Waals surface area contributed by atoms with Crippen molar-refractivity contribution in [3.63, 3.8) is 0 Å². The Bertz CT molecular complexity index is 460. The lowest BCUT2D eigenvalue weighted by atomic mass is 9.99. The number of carbonyl (C=O) groups is 2. The number of unbranched alkanes of at least 4 members (excludes halogenated alkanes) is 3. The lowest BCUT2D eigenvalue weighted by Crippen LogP contribution is -2.41. The first-order valence-electron chi connectivity index (χ1n) is 9.22. The van der Waals surface area contributed by atoms with Crippen LogP contribution in [-0.4, -0.2) is 63.2 Å². The monoisotopic (exact) mass is 483 g/mol. The van der Waals surface area contributed by atoms with Crippen LogP contribution in [0.25, 0.3) is 0 Å². The molecule has 1 rings (SSSR count). The summed E-state index contributed by atoms with van der Waals surface area (Å²) >= 11 is 0. The Kier molecular flexibility index (Phi) is 13.5. The average molecular weight is 483 g/mol. The summed E-state index contributed by atoms with van der Waals surface area (Å²) in [6.45, 7) is 6.63. The van der Waals surface area contributed by atoms with Gasteiger partial charge in [0.2, 0.25) is 0 Å². The van der Waals surface area contributed by atoms with E-state index in [1.54, 1.807) is 7.05 Å². The maximum atomic E-state index is 11.8. The molecule has 0 saturated carbocycles. The Hall–Kier alpha value is -1.06. The molecule has 2 unspecified atom stereocenters. The van der Waals surface area contributed by atoms with Crippen LogP contribution in [0.15, 0.2) is 4.99 Å². The summed E-state index contributed by atoms with van der Waals surface area (Å²) in [6.07, 6.45) is 4.47. The molecule has 2 atom stereocenters. The number of aliphatic imine (C=N–C) groups is 1. The second kappa shape index (κ2) is 14.1. The van der Waals surface area contributed by atoms with Gasteiger partial charge in [-0.25, -0.2) is 0 Å². The van der Waals surface area contributed by atoms with E-state index in [4.69, 9.17) is 9.47 Å². The first-order chi connectivity index (χ1) is 12.0. The second-order valence-corrected chi connectivity index (χ2v) is 6.46. The Balaban J connectivity index is 0.00000625. The van der Waals surface area contributed by atoms with Crippen LogP contribution in [0.4, 0.5) is 0 Å². The number of nitrogens with one attached hydrogen (secondary N) is 1. The molecule has 1 aliphatic rings. The molecule has 1 fully saturated rings. The second-order valence-electron chi connectivity index (χ2n) is 6.46. The van der Waals surface area contributed by atoms with E-state index in [-0.39, 0.29) is 47.8 Å². The fraction of sp³-hybridized carbons (Fsp3) is 0.833. The van der Waals surface area contributed by atoms with Crippen molar-refractivity contribution < 1.29 is 19.1 Å². The van der Waals surface area contributed by atoms with Gasteiger partial charge in [-0.1, -0.05) is 19.8 Å². The summed E-state index contributed by atoms with van der Waals surface area (Å²) < 4.78 is 9.78. The van der Waals surface area contributed by atoms with E-state index in [0.717, 1.165) is 44.7 Å². The van der Waals surface area contributed by atoms with Crippen LogP contribution in [0, 0.1) is 11.8 Å². The number of ether oxygens (including phenoxy) is 2. The van der Waals surface area contributed by atoms with E-state index in [1.807, 2.05) is 6.92 Å². The molecule has 1 saturated heterocycles. The molecule has 1 aliphatic heterocycles. The summed E-state index contributed by atoms with van der Waals surface area (Å²) in [4.78, 5) is 29.5. The number of likely N-dealkylation sites (tertiary alicyclic amines) is 1. The quantitative estimate of drug-likeness (QED) is 0.179. The van der Waals surface area contributed by atoms with Crippen LogP contribution >= 0.6 is 24.0 Å². The van der Waals surface area contributed by atoms with Crippen LogP contribution in [0.3, 0.4) is 0 Å². The lowest BCUT2D eigenvalue weighted by Gasteiger charge is -2.21. The molecule has 0 aromatic carbocycles. The number of methoxy groups -OCH3 is 1. The average Bonchev–Trinajstić information content (AvgIpc) is 2.98. The van der Waals surface area contributed by atoms with Crippen molar-refractivity contribution in [2.45, 2.75) is 46.0 Å². The molecule has 152 valence electrons. The predicted molar refractivity (Wildman–Crippen MR) is 113 cm³/mol. The molecular weight excluding hydrogens is 449 g/mol.